The highest BCUT2D eigenvalue weighted by Gasteiger charge is 2.33. The van der Waals surface area contributed by atoms with Crippen LogP contribution in [0.4, 0.5) is 4.39 Å². The molecular formula is C26H25FN4O4. The third-order valence-electron chi connectivity index (χ3n) is 5.42. The van der Waals surface area contributed by atoms with Crippen molar-refractivity contribution in [1.29, 1.82) is 0 Å². The van der Waals surface area contributed by atoms with Crippen molar-refractivity contribution in [3.8, 4) is 23.0 Å². The number of nitrogens with two attached hydrogens (primary N) is 1. The van der Waals surface area contributed by atoms with Crippen molar-refractivity contribution >= 4 is 11.6 Å². The highest BCUT2D eigenvalue weighted by molar-refractivity contribution is 6.43. The number of rotatable bonds is 9. The van der Waals surface area contributed by atoms with E-state index in [1.165, 1.54) is 18.2 Å². The van der Waals surface area contributed by atoms with Gasteiger partial charge >= 0.3 is 0 Å². The molecule has 0 aromatic heterocycles. The van der Waals surface area contributed by atoms with Gasteiger partial charge in [-0.05, 0) is 60.7 Å². The second-order valence-corrected chi connectivity index (χ2v) is 7.66. The molecule has 0 fully saturated rings. The largest absolute Gasteiger partial charge is 0.497 e. The Kier molecular flexibility index (Phi) is 6.98. The topological polar surface area (TPSA) is 107 Å². The van der Waals surface area contributed by atoms with Crippen LogP contribution in [0, 0.1) is 5.82 Å². The number of methoxy groups -OCH3 is 2. The Hall–Kier alpha value is -4.37. The predicted molar refractivity (Wildman–Crippen MR) is 130 cm³/mol. The molecule has 3 aromatic rings. The molecule has 1 unspecified atom stereocenters. The SMILES string of the molecule is COc1ccc(CNC2(c3ccc(Oc4ccc(F)cc4)cc3)N=C(C(N)=O)C=CN2)c(OC)c1. The van der Waals surface area contributed by atoms with Crippen LogP contribution >= 0.6 is 0 Å². The first-order valence-electron chi connectivity index (χ1n) is 10.8. The molecule has 35 heavy (non-hydrogen) atoms. The molecule has 180 valence electrons. The Labute approximate surface area is 202 Å². The number of nitrogens with one attached hydrogen (secondary N) is 2. The van der Waals surface area contributed by atoms with Crippen LogP contribution < -0.4 is 30.6 Å². The second-order valence-electron chi connectivity index (χ2n) is 7.66. The van der Waals surface area contributed by atoms with Crippen molar-refractivity contribution in [1.82, 2.24) is 10.6 Å². The summed E-state index contributed by atoms with van der Waals surface area (Å²) in [5.74, 6) is 0.203. The maximum Gasteiger partial charge on any atom is 0.267 e. The number of hydrogen-bond donors (Lipinski definition) is 3. The number of hydrogen-bond acceptors (Lipinski definition) is 7. The van der Waals surface area contributed by atoms with Crippen LogP contribution in [-0.2, 0) is 17.1 Å². The number of aliphatic imine (C=N–C) groups is 1. The molecule has 0 saturated heterocycles. The third kappa shape index (κ3) is 5.42. The maximum absolute atomic E-state index is 13.2. The number of primary amides is 1. The van der Waals surface area contributed by atoms with E-state index in [4.69, 9.17) is 19.9 Å². The second kappa shape index (κ2) is 10.3. The molecule has 0 bridgehead atoms. The van der Waals surface area contributed by atoms with Crippen molar-refractivity contribution in [2.24, 2.45) is 10.7 Å². The van der Waals surface area contributed by atoms with Crippen LogP contribution in [0.5, 0.6) is 23.0 Å². The van der Waals surface area contributed by atoms with Gasteiger partial charge in [-0.15, -0.1) is 0 Å². The lowest BCUT2D eigenvalue weighted by Gasteiger charge is -2.34. The smallest absolute Gasteiger partial charge is 0.267 e. The normalized spacial score (nSPS) is 16.7. The minimum Gasteiger partial charge on any atom is -0.497 e. The summed E-state index contributed by atoms with van der Waals surface area (Å²) >= 11 is 0. The molecule has 0 saturated carbocycles. The fourth-order valence-electron chi connectivity index (χ4n) is 3.59. The van der Waals surface area contributed by atoms with Crippen molar-refractivity contribution in [2.75, 3.05) is 14.2 Å². The number of ether oxygens (including phenoxy) is 3. The van der Waals surface area contributed by atoms with Gasteiger partial charge in [-0.2, -0.15) is 0 Å². The lowest BCUT2D eigenvalue weighted by Crippen LogP contribution is -2.53. The zero-order valence-electron chi connectivity index (χ0n) is 19.2. The van der Waals surface area contributed by atoms with Gasteiger partial charge in [-0.25, -0.2) is 9.38 Å². The molecule has 1 aliphatic rings. The van der Waals surface area contributed by atoms with Gasteiger partial charge < -0.3 is 25.3 Å². The van der Waals surface area contributed by atoms with Gasteiger partial charge in [0.15, 0.2) is 0 Å². The molecule has 9 heteroatoms. The molecule has 4 N–H and O–H groups in total. The van der Waals surface area contributed by atoms with Gasteiger partial charge in [0.2, 0.25) is 5.79 Å². The zero-order valence-corrected chi connectivity index (χ0v) is 19.2. The fraction of sp³-hybridized carbons (Fsp3) is 0.154. The summed E-state index contributed by atoms with van der Waals surface area (Å²) in [6, 6.07) is 18.4. The van der Waals surface area contributed by atoms with Crippen LogP contribution in [-0.4, -0.2) is 25.8 Å². The third-order valence-corrected chi connectivity index (χ3v) is 5.42. The molecule has 0 spiro atoms. The summed E-state index contributed by atoms with van der Waals surface area (Å²) in [7, 11) is 3.17. The highest BCUT2D eigenvalue weighted by atomic mass is 19.1. The van der Waals surface area contributed by atoms with Crippen molar-refractivity contribution < 1.29 is 23.4 Å². The standard InChI is InChI=1S/C26H25FN4O4/c1-33-22-8-3-17(24(15-22)34-2)16-30-26(29-14-13-23(31-26)25(28)32)18-4-9-20(10-5-18)35-21-11-6-19(27)7-12-21/h3-15,29-30H,16H2,1-2H3,(H2,28,32). The van der Waals surface area contributed by atoms with E-state index in [2.05, 4.69) is 15.6 Å². The van der Waals surface area contributed by atoms with E-state index in [-0.39, 0.29) is 11.5 Å². The Bertz CT molecular complexity index is 1260. The molecule has 0 radical (unpaired) electrons. The summed E-state index contributed by atoms with van der Waals surface area (Å²) in [6.45, 7) is 0.345. The Morgan fingerprint density at radius 3 is 2.29 bits per heavy atom. The molecule has 1 heterocycles. The lowest BCUT2D eigenvalue weighted by molar-refractivity contribution is -0.112. The first-order chi connectivity index (χ1) is 16.9. The van der Waals surface area contributed by atoms with Gasteiger partial charge in [0, 0.05) is 29.9 Å². The van der Waals surface area contributed by atoms with E-state index in [1.54, 1.807) is 50.8 Å². The molecule has 1 aliphatic heterocycles. The lowest BCUT2D eigenvalue weighted by atomic mass is 10.0. The van der Waals surface area contributed by atoms with Crippen molar-refractivity contribution in [3.63, 3.8) is 0 Å². The quantitative estimate of drug-likeness (QED) is 0.436. The Morgan fingerprint density at radius 1 is 1.00 bits per heavy atom. The van der Waals surface area contributed by atoms with Crippen LogP contribution in [0.15, 0.2) is 84.0 Å². The van der Waals surface area contributed by atoms with E-state index >= 15 is 0 Å². The van der Waals surface area contributed by atoms with Gasteiger partial charge in [-0.3, -0.25) is 10.1 Å². The average molecular weight is 477 g/mol. The monoisotopic (exact) mass is 476 g/mol. The number of carbonyl (C=O) groups excluding carboxylic acids is 1. The first-order valence-corrected chi connectivity index (χ1v) is 10.8. The van der Waals surface area contributed by atoms with E-state index < -0.39 is 11.7 Å². The van der Waals surface area contributed by atoms with Crippen molar-refractivity contribution in [2.45, 2.75) is 12.3 Å². The molecule has 8 nitrogen and oxygen atoms in total. The maximum atomic E-state index is 13.2. The van der Waals surface area contributed by atoms with Gasteiger partial charge in [0.25, 0.3) is 5.91 Å². The molecule has 4 rings (SSSR count). The highest BCUT2D eigenvalue weighted by Crippen LogP contribution is 2.30. The number of carbonyl (C=O) groups is 1. The van der Waals surface area contributed by atoms with E-state index in [0.717, 1.165) is 5.56 Å². The molecular weight excluding hydrogens is 451 g/mol. The number of nitrogens with zero attached hydrogens (tertiary/aromatic N) is 1. The van der Waals surface area contributed by atoms with Gasteiger partial charge in [-0.1, -0.05) is 6.07 Å². The summed E-state index contributed by atoms with van der Waals surface area (Å²) in [5, 5.41) is 6.58. The summed E-state index contributed by atoms with van der Waals surface area (Å²) in [6.07, 6.45) is 3.14. The van der Waals surface area contributed by atoms with Crippen LogP contribution in [0.3, 0.4) is 0 Å². The summed E-state index contributed by atoms with van der Waals surface area (Å²) < 4.78 is 29.7. The Balaban J connectivity index is 1.62. The first kappa shape index (κ1) is 23.8. The average Bonchev–Trinajstić information content (AvgIpc) is 2.89. The fourth-order valence-corrected chi connectivity index (χ4v) is 3.59. The summed E-state index contributed by atoms with van der Waals surface area (Å²) in [4.78, 5) is 16.5. The van der Waals surface area contributed by atoms with Crippen LogP contribution in [0.25, 0.3) is 0 Å². The van der Waals surface area contributed by atoms with E-state index in [9.17, 15) is 9.18 Å². The number of halogens is 1. The molecule has 0 aliphatic carbocycles. The Morgan fingerprint density at radius 2 is 1.66 bits per heavy atom. The summed E-state index contributed by atoms with van der Waals surface area (Å²) in [5.41, 5.74) is 7.20. The molecule has 1 atom stereocenters. The van der Waals surface area contributed by atoms with Crippen LogP contribution in [0.1, 0.15) is 11.1 Å². The molecule has 3 aromatic carbocycles. The zero-order chi connectivity index (χ0) is 24.8. The number of amides is 1. The van der Waals surface area contributed by atoms with Gasteiger partial charge in [0.1, 0.15) is 34.5 Å². The van der Waals surface area contributed by atoms with E-state index in [1.807, 2.05) is 24.3 Å². The van der Waals surface area contributed by atoms with Crippen molar-refractivity contribution in [3.05, 3.63) is 96.0 Å². The predicted octanol–water partition coefficient (Wildman–Crippen LogP) is 3.58. The van der Waals surface area contributed by atoms with Gasteiger partial charge in [0.05, 0.1) is 14.2 Å². The number of benzene rings is 3. The van der Waals surface area contributed by atoms with E-state index in [0.29, 0.717) is 35.1 Å². The minimum atomic E-state index is -1.18. The molecule has 1 amide bonds. The van der Waals surface area contributed by atoms with Crippen LogP contribution in [0.2, 0.25) is 0 Å². The minimum absolute atomic E-state index is 0.115.